The van der Waals surface area contributed by atoms with Crippen molar-refractivity contribution >= 4 is 44.2 Å². The minimum atomic E-state index is -0.138. The third-order valence-electron chi connectivity index (χ3n) is 5.64. The number of carbonyl (C=O) groups excluding carboxylic acids is 1. The SMILES string of the molecule is Cc1c(Cl)ccc2sc(N(Cc3ccccc3)C(=O)c3cnn(-c4ccccc4)c3C)nc12. The van der Waals surface area contributed by atoms with Crippen LogP contribution in [-0.4, -0.2) is 20.7 Å². The number of hydrogen-bond acceptors (Lipinski definition) is 4. The zero-order chi connectivity index (χ0) is 22.9. The van der Waals surface area contributed by atoms with Gasteiger partial charge in [0, 0.05) is 5.02 Å². The molecule has 0 bridgehead atoms. The van der Waals surface area contributed by atoms with Crippen molar-refractivity contribution in [3.05, 3.63) is 106 Å². The zero-order valence-electron chi connectivity index (χ0n) is 18.2. The highest BCUT2D eigenvalue weighted by Gasteiger charge is 2.26. The maximum absolute atomic E-state index is 13.9. The van der Waals surface area contributed by atoms with Crippen LogP contribution >= 0.6 is 22.9 Å². The Morgan fingerprint density at radius 1 is 1.00 bits per heavy atom. The van der Waals surface area contributed by atoms with Crippen LogP contribution in [0.15, 0.2) is 79.0 Å². The van der Waals surface area contributed by atoms with E-state index in [0.29, 0.717) is 22.3 Å². The van der Waals surface area contributed by atoms with Crippen LogP contribution in [0.4, 0.5) is 5.13 Å². The second-order valence-electron chi connectivity index (χ2n) is 7.78. The molecule has 0 atom stereocenters. The van der Waals surface area contributed by atoms with Gasteiger partial charge in [0.15, 0.2) is 5.13 Å². The van der Waals surface area contributed by atoms with Crippen molar-refractivity contribution in [2.24, 2.45) is 0 Å². The predicted molar refractivity (Wildman–Crippen MR) is 135 cm³/mol. The molecular weight excluding hydrogens is 452 g/mol. The molecule has 5 nitrogen and oxygen atoms in total. The molecule has 0 fully saturated rings. The molecule has 1 amide bonds. The molecular formula is C26H21ClN4OS. The van der Waals surface area contributed by atoms with E-state index >= 15 is 0 Å². The monoisotopic (exact) mass is 472 g/mol. The van der Waals surface area contributed by atoms with Gasteiger partial charge in [-0.15, -0.1) is 0 Å². The number of aromatic nitrogens is 3. The molecule has 0 N–H and O–H groups in total. The van der Waals surface area contributed by atoms with Gasteiger partial charge < -0.3 is 0 Å². The first-order chi connectivity index (χ1) is 16.0. The number of rotatable bonds is 5. The maximum atomic E-state index is 13.9. The lowest BCUT2D eigenvalue weighted by atomic mass is 10.2. The lowest BCUT2D eigenvalue weighted by molar-refractivity contribution is 0.0984. The Morgan fingerprint density at radius 3 is 2.42 bits per heavy atom. The van der Waals surface area contributed by atoms with E-state index in [1.165, 1.54) is 11.3 Å². The summed E-state index contributed by atoms with van der Waals surface area (Å²) in [5.74, 6) is -0.138. The first-order valence-electron chi connectivity index (χ1n) is 10.5. The number of carbonyl (C=O) groups is 1. The second-order valence-corrected chi connectivity index (χ2v) is 9.20. The number of thiazole rings is 1. The standard InChI is InChI=1S/C26H21ClN4OS/c1-17-22(27)13-14-23-24(17)29-26(33-23)30(16-19-9-5-3-6-10-19)25(32)21-15-28-31(18(21)2)20-11-7-4-8-12-20/h3-15H,16H2,1-2H3. The summed E-state index contributed by atoms with van der Waals surface area (Å²) >= 11 is 7.81. The highest BCUT2D eigenvalue weighted by atomic mass is 35.5. The topological polar surface area (TPSA) is 51.0 Å². The molecule has 0 unspecified atom stereocenters. The van der Waals surface area contributed by atoms with E-state index in [0.717, 1.165) is 32.7 Å². The molecule has 0 saturated carbocycles. The minimum Gasteiger partial charge on any atom is -0.279 e. The summed E-state index contributed by atoms with van der Waals surface area (Å²) in [5.41, 5.74) is 5.00. The summed E-state index contributed by atoms with van der Waals surface area (Å²) in [6.45, 7) is 4.27. The van der Waals surface area contributed by atoms with Gasteiger partial charge in [-0.2, -0.15) is 5.10 Å². The van der Waals surface area contributed by atoms with Gasteiger partial charge in [0.25, 0.3) is 5.91 Å². The number of aryl methyl sites for hydroxylation is 1. The number of nitrogens with zero attached hydrogens (tertiary/aromatic N) is 4. The fraction of sp³-hybridized carbons (Fsp3) is 0.115. The molecule has 5 aromatic rings. The summed E-state index contributed by atoms with van der Waals surface area (Å²) in [5, 5.41) is 5.80. The van der Waals surface area contributed by atoms with Gasteiger partial charge in [0.1, 0.15) is 0 Å². The highest BCUT2D eigenvalue weighted by molar-refractivity contribution is 7.22. The van der Waals surface area contributed by atoms with Crippen molar-refractivity contribution in [1.29, 1.82) is 0 Å². The molecule has 33 heavy (non-hydrogen) atoms. The van der Waals surface area contributed by atoms with Crippen molar-refractivity contribution in [2.75, 3.05) is 4.90 Å². The van der Waals surface area contributed by atoms with Gasteiger partial charge in [0.05, 0.1) is 39.9 Å². The normalized spacial score (nSPS) is 11.1. The number of benzene rings is 3. The van der Waals surface area contributed by atoms with Crippen molar-refractivity contribution in [2.45, 2.75) is 20.4 Å². The largest absolute Gasteiger partial charge is 0.279 e. The van der Waals surface area contributed by atoms with Crippen LogP contribution in [0.5, 0.6) is 0 Å². The fourth-order valence-corrected chi connectivity index (χ4v) is 4.97. The highest BCUT2D eigenvalue weighted by Crippen LogP contribution is 2.35. The van der Waals surface area contributed by atoms with Crippen LogP contribution in [0.3, 0.4) is 0 Å². The summed E-state index contributed by atoms with van der Waals surface area (Å²) in [7, 11) is 0. The van der Waals surface area contributed by atoms with E-state index in [1.807, 2.05) is 86.6 Å². The molecule has 0 spiro atoms. The number of amides is 1. The molecule has 2 heterocycles. The molecule has 0 saturated heterocycles. The molecule has 0 aliphatic rings. The van der Waals surface area contributed by atoms with Gasteiger partial charge in [0.2, 0.25) is 0 Å². The second kappa shape index (κ2) is 8.81. The minimum absolute atomic E-state index is 0.138. The number of anilines is 1. The van der Waals surface area contributed by atoms with E-state index in [2.05, 4.69) is 5.10 Å². The third-order valence-corrected chi connectivity index (χ3v) is 7.09. The predicted octanol–water partition coefficient (Wildman–Crippen LogP) is 6.60. The summed E-state index contributed by atoms with van der Waals surface area (Å²) in [4.78, 5) is 20.4. The number of halogens is 1. The summed E-state index contributed by atoms with van der Waals surface area (Å²) in [6.07, 6.45) is 1.64. The molecule has 0 aliphatic carbocycles. The Balaban J connectivity index is 1.59. The van der Waals surface area contributed by atoms with Crippen molar-refractivity contribution in [3.8, 4) is 5.69 Å². The lowest BCUT2D eigenvalue weighted by Crippen LogP contribution is -2.30. The summed E-state index contributed by atoms with van der Waals surface area (Å²) in [6, 6.07) is 23.6. The molecule has 0 aliphatic heterocycles. The quantitative estimate of drug-likeness (QED) is 0.289. The van der Waals surface area contributed by atoms with E-state index in [1.54, 1.807) is 15.8 Å². The molecule has 0 radical (unpaired) electrons. The van der Waals surface area contributed by atoms with Crippen LogP contribution in [-0.2, 0) is 6.54 Å². The molecule has 3 aromatic carbocycles. The Hall–Kier alpha value is -3.48. The van der Waals surface area contributed by atoms with Crippen LogP contribution in [0.25, 0.3) is 15.9 Å². The van der Waals surface area contributed by atoms with Crippen molar-refractivity contribution in [3.63, 3.8) is 0 Å². The fourth-order valence-electron chi connectivity index (χ4n) is 3.79. The van der Waals surface area contributed by atoms with Crippen LogP contribution in [0, 0.1) is 13.8 Å². The maximum Gasteiger partial charge on any atom is 0.263 e. The zero-order valence-corrected chi connectivity index (χ0v) is 19.8. The number of hydrogen-bond donors (Lipinski definition) is 0. The third kappa shape index (κ3) is 4.03. The van der Waals surface area contributed by atoms with Gasteiger partial charge in [-0.3, -0.25) is 9.69 Å². The van der Waals surface area contributed by atoms with Crippen LogP contribution < -0.4 is 4.90 Å². The van der Waals surface area contributed by atoms with Gasteiger partial charge >= 0.3 is 0 Å². The van der Waals surface area contributed by atoms with E-state index in [4.69, 9.17) is 16.6 Å². The number of para-hydroxylation sites is 1. The Bertz CT molecular complexity index is 1440. The van der Waals surface area contributed by atoms with Crippen LogP contribution in [0.2, 0.25) is 5.02 Å². The lowest BCUT2D eigenvalue weighted by Gasteiger charge is -2.20. The van der Waals surface area contributed by atoms with Crippen LogP contribution in [0.1, 0.15) is 27.2 Å². The summed E-state index contributed by atoms with van der Waals surface area (Å²) < 4.78 is 2.78. The number of fused-ring (bicyclic) bond motifs is 1. The van der Waals surface area contributed by atoms with E-state index < -0.39 is 0 Å². The molecule has 7 heteroatoms. The molecule has 2 aromatic heterocycles. The average Bonchev–Trinajstić information content (AvgIpc) is 3.45. The average molecular weight is 473 g/mol. The van der Waals surface area contributed by atoms with Crippen molar-refractivity contribution < 1.29 is 4.79 Å². The van der Waals surface area contributed by atoms with Gasteiger partial charge in [-0.1, -0.05) is 71.5 Å². The molecule has 164 valence electrons. The first kappa shape index (κ1) is 21.4. The van der Waals surface area contributed by atoms with E-state index in [-0.39, 0.29) is 5.91 Å². The Morgan fingerprint density at radius 2 is 1.70 bits per heavy atom. The smallest absolute Gasteiger partial charge is 0.263 e. The van der Waals surface area contributed by atoms with Gasteiger partial charge in [-0.05, 0) is 49.2 Å². The molecule has 5 rings (SSSR count). The van der Waals surface area contributed by atoms with Gasteiger partial charge in [-0.25, -0.2) is 9.67 Å². The Kier molecular flexibility index (Phi) is 5.70. The Labute approximate surface area is 200 Å². The van der Waals surface area contributed by atoms with Crippen molar-refractivity contribution in [1.82, 2.24) is 14.8 Å². The van der Waals surface area contributed by atoms with E-state index in [9.17, 15) is 4.79 Å². The first-order valence-corrected chi connectivity index (χ1v) is 11.7.